The smallest absolute Gasteiger partial charge is 0.192 e. The van der Waals surface area contributed by atoms with Crippen molar-refractivity contribution < 1.29 is 47.1 Å². The predicted octanol–water partition coefficient (Wildman–Crippen LogP) is 9.42. The molecular weight excluding hydrogens is 693 g/mol. The molecule has 0 fully saturated rings. The summed E-state index contributed by atoms with van der Waals surface area (Å²) in [6.45, 7) is 24.5. The van der Waals surface area contributed by atoms with Crippen molar-refractivity contribution in [1.29, 1.82) is 0 Å². The van der Waals surface area contributed by atoms with Gasteiger partial charge in [-0.25, -0.2) is 0 Å². The van der Waals surface area contributed by atoms with Crippen LogP contribution in [-0.4, -0.2) is 134 Å². The van der Waals surface area contributed by atoms with Crippen molar-refractivity contribution in [2.75, 3.05) is 126 Å². The molecule has 0 aromatic rings. The molecule has 0 spiro atoms. The van der Waals surface area contributed by atoms with Crippen LogP contribution in [0.1, 0.15) is 130 Å². The largest absolute Gasteiger partial charge is 0.414 e. The highest BCUT2D eigenvalue weighted by Crippen LogP contribution is 2.36. The van der Waals surface area contributed by atoms with Gasteiger partial charge in [-0.05, 0) is 24.6 Å². The van der Waals surface area contributed by atoms with E-state index in [-0.39, 0.29) is 5.04 Å². The van der Waals surface area contributed by atoms with Crippen LogP contribution in [0.15, 0.2) is 0 Å². The molecule has 0 aliphatic rings. The van der Waals surface area contributed by atoms with E-state index in [0.717, 1.165) is 13.0 Å². The molecule has 0 atom stereocenters. The molecule has 10 nitrogen and oxygen atoms in total. The highest BCUT2D eigenvalue weighted by atomic mass is 28.4. The Kier molecular flexibility index (Phi) is 41.3. The molecule has 320 valence electrons. The Hall–Kier alpha value is -0.183. The second-order valence-corrected chi connectivity index (χ2v) is 20.2. The summed E-state index contributed by atoms with van der Waals surface area (Å²) in [6.07, 6.45) is 22.2. The van der Waals surface area contributed by atoms with E-state index in [0.29, 0.717) is 119 Å². The summed E-state index contributed by atoms with van der Waals surface area (Å²) in [5.74, 6) is 0. The number of hydrogen-bond donors (Lipinski definition) is 0. The van der Waals surface area contributed by atoms with Crippen LogP contribution < -0.4 is 0 Å². The standard InChI is InChI=1S/C42H88O10Si/c1-7-8-9-10-11-12-13-14-15-16-17-18-19-20-21-22-23-43-24-25-44-26-27-45-28-29-46-30-31-47-32-33-48-34-35-49-36-37-50-38-39-51-40-41-52-53(5,6)42(2,3)4/h7-41H2,1-6H3. The van der Waals surface area contributed by atoms with Crippen LogP contribution in [0.5, 0.6) is 0 Å². The van der Waals surface area contributed by atoms with Gasteiger partial charge in [-0.3, -0.25) is 0 Å². The summed E-state index contributed by atoms with van der Waals surface area (Å²) in [5, 5.41) is 0.222. The van der Waals surface area contributed by atoms with Gasteiger partial charge in [0.1, 0.15) is 0 Å². The average molecular weight is 781 g/mol. The SMILES string of the molecule is CCCCCCCCCCCCCCCCCCOCCOCCOCCOCCOCCOCCOCCOCCOCCO[Si](C)(C)C(C)(C)C. The predicted molar refractivity (Wildman–Crippen MR) is 220 cm³/mol. The van der Waals surface area contributed by atoms with Crippen molar-refractivity contribution in [1.82, 2.24) is 0 Å². The van der Waals surface area contributed by atoms with Gasteiger partial charge in [0.25, 0.3) is 0 Å². The van der Waals surface area contributed by atoms with Gasteiger partial charge in [0, 0.05) is 6.61 Å². The molecule has 0 saturated carbocycles. The number of rotatable bonds is 45. The zero-order chi connectivity index (χ0) is 38.8. The topological polar surface area (TPSA) is 92.3 Å². The third-order valence-electron chi connectivity index (χ3n) is 9.62. The first-order valence-electron chi connectivity index (χ1n) is 21.6. The molecule has 0 aromatic heterocycles. The van der Waals surface area contributed by atoms with Crippen molar-refractivity contribution >= 4 is 8.32 Å². The fraction of sp³-hybridized carbons (Fsp3) is 1.00. The molecule has 0 rings (SSSR count). The molecule has 0 N–H and O–H groups in total. The maximum Gasteiger partial charge on any atom is 0.192 e. The molecular formula is C42H88O10Si. The zero-order valence-electron chi connectivity index (χ0n) is 35.8. The van der Waals surface area contributed by atoms with E-state index in [9.17, 15) is 0 Å². The number of unbranched alkanes of at least 4 members (excludes halogenated alkanes) is 15. The maximum absolute atomic E-state index is 6.09. The molecule has 0 unspecified atom stereocenters. The summed E-state index contributed by atoms with van der Waals surface area (Å²) >= 11 is 0. The van der Waals surface area contributed by atoms with Crippen LogP contribution in [0.25, 0.3) is 0 Å². The summed E-state index contributed by atoms with van der Waals surface area (Å²) in [5.41, 5.74) is 0. The summed E-state index contributed by atoms with van der Waals surface area (Å²) < 4.78 is 56.2. The number of ether oxygens (including phenoxy) is 9. The molecule has 0 amide bonds. The van der Waals surface area contributed by atoms with Gasteiger partial charge in [-0.1, -0.05) is 124 Å². The van der Waals surface area contributed by atoms with E-state index in [4.69, 9.17) is 47.1 Å². The monoisotopic (exact) mass is 781 g/mol. The van der Waals surface area contributed by atoms with Crippen molar-refractivity contribution in [3.63, 3.8) is 0 Å². The molecule has 0 radical (unpaired) electrons. The fourth-order valence-corrected chi connectivity index (χ4v) is 6.21. The second kappa shape index (κ2) is 41.5. The van der Waals surface area contributed by atoms with Crippen LogP contribution in [0, 0.1) is 0 Å². The first-order valence-corrected chi connectivity index (χ1v) is 24.6. The van der Waals surface area contributed by atoms with E-state index < -0.39 is 8.32 Å². The Bertz CT molecular complexity index is 695. The third-order valence-corrected chi connectivity index (χ3v) is 14.2. The van der Waals surface area contributed by atoms with Crippen LogP contribution in [0.3, 0.4) is 0 Å². The first-order chi connectivity index (χ1) is 25.8. The van der Waals surface area contributed by atoms with E-state index >= 15 is 0 Å². The van der Waals surface area contributed by atoms with Gasteiger partial charge in [0.2, 0.25) is 0 Å². The average Bonchev–Trinajstić information content (AvgIpc) is 3.13. The Morgan fingerprint density at radius 3 is 0.736 bits per heavy atom. The Labute approximate surface area is 328 Å². The summed E-state index contributed by atoms with van der Waals surface area (Å²) in [6, 6.07) is 0. The molecule has 0 aliphatic carbocycles. The molecule has 11 heteroatoms. The van der Waals surface area contributed by atoms with Gasteiger partial charge in [-0.15, -0.1) is 0 Å². The van der Waals surface area contributed by atoms with Crippen LogP contribution in [0.4, 0.5) is 0 Å². The van der Waals surface area contributed by atoms with E-state index in [1.54, 1.807) is 0 Å². The molecule has 0 saturated heterocycles. The molecule has 0 heterocycles. The minimum Gasteiger partial charge on any atom is -0.414 e. The van der Waals surface area contributed by atoms with Crippen molar-refractivity contribution in [2.45, 2.75) is 149 Å². The highest BCUT2D eigenvalue weighted by Gasteiger charge is 2.36. The van der Waals surface area contributed by atoms with Crippen LogP contribution in [0.2, 0.25) is 18.1 Å². The minimum atomic E-state index is -1.69. The molecule has 0 bridgehead atoms. The molecule has 0 aromatic carbocycles. The van der Waals surface area contributed by atoms with Crippen LogP contribution >= 0.6 is 0 Å². The van der Waals surface area contributed by atoms with Gasteiger partial charge < -0.3 is 47.1 Å². The summed E-state index contributed by atoms with van der Waals surface area (Å²) in [4.78, 5) is 0. The summed E-state index contributed by atoms with van der Waals surface area (Å²) in [7, 11) is -1.69. The van der Waals surface area contributed by atoms with E-state index in [2.05, 4.69) is 40.8 Å². The lowest BCUT2D eigenvalue weighted by molar-refractivity contribution is -0.0255. The van der Waals surface area contributed by atoms with Gasteiger partial charge in [0.15, 0.2) is 8.32 Å². The van der Waals surface area contributed by atoms with Crippen LogP contribution in [-0.2, 0) is 47.1 Å². The normalized spacial score (nSPS) is 12.3. The quantitative estimate of drug-likeness (QED) is 0.0440. The maximum atomic E-state index is 6.09. The third kappa shape index (κ3) is 41.3. The molecule has 53 heavy (non-hydrogen) atoms. The van der Waals surface area contributed by atoms with Gasteiger partial charge in [0.05, 0.1) is 119 Å². The lowest BCUT2D eigenvalue weighted by atomic mass is 10.0. The Balaban J connectivity index is 3.11. The molecule has 0 aliphatic heterocycles. The lowest BCUT2D eigenvalue weighted by Gasteiger charge is -2.36. The lowest BCUT2D eigenvalue weighted by Crippen LogP contribution is -2.41. The zero-order valence-corrected chi connectivity index (χ0v) is 36.8. The Morgan fingerprint density at radius 1 is 0.283 bits per heavy atom. The van der Waals surface area contributed by atoms with Crippen molar-refractivity contribution in [3.8, 4) is 0 Å². The minimum absolute atomic E-state index is 0.222. The Morgan fingerprint density at radius 2 is 0.491 bits per heavy atom. The van der Waals surface area contributed by atoms with E-state index in [1.165, 1.54) is 96.3 Å². The highest BCUT2D eigenvalue weighted by molar-refractivity contribution is 6.74. The van der Waals surface area contributed by atoms with Crippen molar-refractivity contribution in [3.05, 3.63) is 0 Å². The number of hydrogen-bond acceptors (Lipinski definition) is 10. The van der Waals surface area contributed by atoms with Crippen molar-refractivity contribution in [2.24, 2.45) is 0 Å². The first kappa shape index (κ1) is 52.8. The fourth-order valence-electron chi connectivity index (χ4n) is 5.19. The second-order valence-electron chi connectivity index (χ2n) is 15.4. The van der Waals surface area contributed by atoms with E-state index in [1.807, 2.05) is 0 Å². The van der Waals surface area contributed by atoms with Gasteiger partial charge in [-0.2, -0.15) is 0 Å². The van der Waals surface area contributed by atoms with Gasteiger partial charge >= 0.3 is 0 Å².